The molecule has 2 fully saturated rings. The summed E-state index contributed by atoms with van der Waals surface area (Å²) in [5.74, 6) is 0.994. The van der Waals surface area contributed by atoms with Gasteiger partial charge in [0.15, 0.2) is 0 Å². The van der Waals surface area contributed by atoms with Crippen molar-refractivity contribution in [3.63, 3.8) is 0 Å². The number of ether oxygens (including phenoxy) is 1. The van der Waals surface area contributed by atoms with Gasteiger partial charge in [0, 0.05) is 76.3 Å². The molecule has 0 saturated carbocycles. The zero-order valence-corrected chi connectivity index (χ0v) is 23.8. The van der Waals surface area contributed by atoms with Crippen LogP contribution in [0.3, 0.4) is 0 Å². The quantitative estimate of drug-likeness (QED) is 0.306. The average molecular weight is 548 g/mol. The maximum atomic E-state index is 14.7. The third kappa shape index (κ3) is 6.90. The Kier molecular flexibility index (Phi) is 10.5. The first-order chi connectivity index (χ1) is 18.4. The maximum absolute atomic E-state index is 14.7. The molecular weight excluding hydrogens is 505 g/mol. The van der Waals surface area contributed by atoms with E-state index in [2.05, 4.69) is 4.57 Å². The molecule has 1 atom stereocenters. The Balaban J connectivity index is 1.34. The molecule has 2 aliphatic rings. The van der Waals surface area contributed by atoms with E-state index in [1.807, 2.05) is 22.8 Å². The highest BCUT2D eigenvalue weighted by molar-refractivity contribution is 6.35. The molecule has 0 N–H and O–H groups in total. The fraction of sp³-hybridized carbons (Fsp3) is 0.667. The molecule has 0 spiro atoms. The van der Waals surface area contributed by atoms with Gasteiger partial charge in [-0.05, 0) is 75.5 Å². The van der Waals surface area contributed by atoms with Crippen LogP contribution in [0.15, 0.2) is 18.2 Å². The van der Waals surface area contributed by atoms with E-state index in [-0.39, 0.29) is 23.5 Å². The summed E-state index contributed by atoms with van der Waals surface area (Å²) in [6, 6.07) is 5.00. The van der Waals surface area contributed by atoms with Gasteiger partial charge < -0.3 is 19.1 Å². The minimum Gasteiger partial charge on any atom is -0.385 e. The number of carbonyl (C=O) groups excluding carboxylic acids is 2. The van der Waals surface area contributed by atoms with Crippen molar-refractivity contribution in [3.05, 3.63) is 34.7 Å². The van der Waals surface area contributed by atoms with Crippen molar-refractivity contribution in [3.8, 4) is 0 Å². The molecule has 3 heterocycles. The van der Waals surface area contributed by atoms with Crippen LogP contribution >= 0.6 is 11.6 Å². The van der Waals surface area contributed by atoms with E-state index in [9.17, 15) is 14.0 Å². The van der Waals surface area contributed by atoms with Crippen LogP contribution < -0.4 is 0 Å². The fourth-order valence-corrected chi connectivity index (χ4v) is 6.52. The highest BCUT2D eigenvalue weighted by atomic mass is 35.5. The van der Waals surface area contributed by atoms with E-state index in [1.165, 1.54) is 6.07 Å². The van der Waals surface area contributed by atoms with Crippen molar-refractivity contribution < 1.29 is 18.7 Å². The lowest BCUT2D eigenvalue weighted by Gasteiger charge is -2.34. The van der Waals surface area contributed by atoms with E-state index in [4.69, 9.17) is 16.3 Å². The van der Waals surface area contributed by atoms with Crippen molar-refractivity contribution in [1.29, 1.82) is 0 Å². The average Bonchev–Trinajstić information content (AvgIpc) is 3.32. The number of piperidine rings is 2. The van der Waals surface area contributed by atoms with E-state index < -0.39 is 0 Å². The van der Waals surface area contributed by atoms with E-state index in [0.29, 0.717) is 48.9 Å². The van der Waals surface area contributed by atoms with Crippen LogP contribution in [0, 0.1) is 11.7 Å². The molecule has 2 amide bonds. The highest BCUT2D eigenvalue weighted by Crippen LogP contribution is 2.36. The first-order valence-corrected chi connectivity index (χ1v) is 14.8. The smallest absolute Gasteiger partial charge is 0.222 e. The fourth-order valence-electron chi connectivity index (χ4n) is 6.26. The summed E-state index contributed by atoms with van der Waals surface area (Å²) in [5, 5.41) is 1.10. The molecule has 1 aromatic heterocycles. The lowest BCUT2D eigenvalue weighted by atomic mass is 9.91. The molecule has 0 aliphatic carbocycles. The summed E-state index contributed by atoms with van der Waals surface area (Å²) in [5.41, 5.74) is 1.80. The second kappa shape index (κ2) is 13.8. The summed E-state index contributed by atoms with van der Waals surface area (Å²) in [7, 11) is 1.68. The van der Waals surface area contributed by atoms with Crippen molar-refractivity contribution in [2.24, 2.45) is 5.92 Å². The minimum atomic E-state index is -0.263. The number of hydrogen-bond acceptors (Lipinski definition) is 3. The lowest BCUT2D eigenvalue weighted by molar-refractivity contribution is -0.132. The third-order valence-corrected chi connectivity index (χ3v) is 8.65. The molecule has 0 bridgehead atoms. The number of methoxy groups -OCH3 is 1. The van der Waals surface area contributed by atoms with Crippen molar-refractivity contribution in [1.82, 2.24) is 14.4 Å². The van der Waals surface area contributed by atoms with Gasteiger partial charge >= 0.3 is 0 Å². The van der Waals surface area contributed by atoms with E-state index in [1.54, 1.807) is 13.2 Å². The van der Waals surface area contributed by atoms with Gasteiger partial charge in [-0.1, -0.05) is 18.5 Å². The molecule has 6 nitrogen and oxygen atoms in total. The SMILES string of the molecule is CCCC(=O)N1CCC(CCCC(=O)N2CCCC(c3cc4c(F)ccc(Cl)c4n3CCCOC)C2)CC1. The predicted octanol–water partition coefficient (Wildman–Crippen LogP) is 6.39. The maximum Gasteiger partial charge on any atom is 0.222 e. The zero-order valence-electron chi connectivity index (χ0n) is 23.0. The second-order valence-corrected chi connectivity index (χ2v) is 11.4. The van der Waals surface area contributed by atoms with Crippen molar-refractivity contribution >= 4 is 34.3 Å². The van der Waals surface area contributed by atoms with Gasteiger partial charge in [0.25, 0.3) is 0 Å². The number of halogens is 2. The Bertz CT molecular complexity index is 1100. The van der Waals surface area contributed by atoms with Crippen molar-refractivity contribution in [2.75, 3.05) is 39.9 Å². The number of likely N-dealkylation sites (tertiary alicyclic amines) is 2. The van der Waals surface area contributed by atoms with Crippen LogP contribution in [-0.4, -0.2) is 66.1 Å². The Hall–Kier alpha value is -2.12. The third-order valence-electron chi connectivity index (χ3n) is 8.35. The van der Waals surface area contributed by atoms with Crippen molar-refractivity contribution in [2.45, 2.75) is 83.6 Å². The Labute approximate surface area is 231 Å². The molecule has 1 unspecified atom stereocenters. The van der Waals surface area contributed by atoms with Gasteiger partial charge in [-0.2, -0.15) is 0 Å². The molecule has 38 heavy (non-hydrogen) atoms. The zero-order chi connectivity index (χ0) is 27.1. The summed E-state index contributed by atoms with van der Waals surface area (Å²) in [6.07, 6.45) is 8.86. The van der Waals surface area contributed by atoms with Gasteiger partial charge in [-0.25, -0.2) is 4.39 Å². The van der Waals surface area contributed by atoms with Crippen LogP contribution in [0.4, 0.5) is 4.39 Å². The van der Waals surface area contributed by atoms with Crippen LogP contribution in [0.5, 0.6) is 0 Å². The topological polar surface area (TPSA) is 54.8 Å². The number of rotatable bonds is 11. The van der Waals surface area contributed by atoms with Crippen LogP contribution in [-0.2, 0) is 20.9 Å². The van der Waals surface area contributed by atoms with Crippen LogP contribution in [0.25, 0.3) is 10.9 Å². The van der Waals surface area contributed by atoms with E-state index >= 15 is 0 Å². The number of aromatic nitrogens is 1. The number of aryl methyl sites for hydroxylation is 1. The van der Waals surface area contributed by atoms with Gasteiger partial charge in [0.2, 0.25) is 11.8 Å². The summed E-state index contributed by atoms with van der Waals surface area (Å²) < 4.78 is 22.1. The Morgan fingerprint density at radius 3 is 2.55 bits per heavy atom. The number of hydrogen-bond donors (Lipinski definition) is 0. The predicted molar refractivity (Wildman–Crippen MR) is 150 cm³/mol. The van der Waals surface area contributed by atoms with Gasteiger partial charge in [0.05, 0.1) is 10.5 Å². The molecule has 2 saturated heterocycles. The molecule has 2 aliphatic heterocycles. The molecule has 210 valence electrons. The first-order valence-electron chi connectivity index (χ1n) is 14.4. The summed E-state index contributed by atoms with van der Waals surface area (Å²) in [4.78, 5) is 29.3. The number of nitrogens with zero attached hydrogens (tertiary/aromatic N) is 3. The standard InChI is InChI=1S/C30H43ClFN3O3/c1-3-7-28(36)33-17-13-22(14-18-33)8-4-10-29(37)34-15-5-9-23(21-34)27-20-24-26(32)12-11-25(31)30(24)35(27)16-6-19-38-2/h11-12,20,22-23H,3-10,13-19,21H2,1-2H3. The largest absolute Gasteiger partial charge is 0.385 e. The molecule has 2 aromatic rings. The van der Waals surface area contributed by atoms with E-state index in [0.717, 1.165) is 82.2 Å². The molecule has 8 heteroatoms. The monoisotopic (exact) mass is 547 g/mol. The normalized spacial score (nSPS) is 18.9. The highest BCUT2D eigenvalue weighted by Gasteiger charge is 2.29. The van der Waals surface area contributed by atoms with Gasteiger partial charge in [0.1, 0.15) is 5.82 Å². The van der Waals surface area contributed by atoms with Crippen LogP contribution in [0.1, 0.15) is 82.7 Å². The number of carbonyl (C=O) groups is 2. The minimum absolute atomic E-state index is 0.156. The Morgan fingerprint density at radius 1 is 1.05 bits per heavy atom. The Morgan fingerprint density at radius 2 is 1.82 bits per heavy atom. The summed E-state index contributed by atoms with van der Waals surface area (Å²) >= 11 is 6.53. The molecule has 4 rings (SSSR count). The number of fused-ring (bicyclic) bond motifs is 1. The number of benzene rings is 1. The number of amides is 2. The van der Waals surface area contributed by atoms with Gasteiger partial charge in [-0.15, -0.1) is 0 Å². The lowest BCUT2D eigenvalue weighted by Crippen LogP contribution is -2.40. The summed E-state index contributed by atoms with van der Waals surface area (Å²) in [6.45, 7) is 6.52. The first kappa shape index (κ1) is 28.9. The molecule has 0 radical (unpaired) electrons. The molecule has 1 aromatic carbocycles. The molecular formula is C30H43ClFN3O3. The second-order valence-electron chi connectivity index (χ2n) is 11.0. The van der Waals surface area contributed by atoms with Gasteiger partial charge in [-0.3, -0.25) is 9.59 Å². The van der Waals surface area contributed by atoms with Crippen LogP contribution in [0.2, 0.25) is 5.02 Å².